The van der Waals surface area contributed by atoms with Crippen molar-refractivity contribution in [1.29, 1.82) is 0 Å². The molecule has 0 bridgehead atoms. The number of carbonyl (C=O) groups is 1. The first-order valence-corrected chi connectivity index (χ1v) is 6.63. The molecule has 0 radical (unpaired) electrons. The molecule has 0 fully saturated rings. The van der Waals surface area contributed by atoms with Gasteiger partial charge in [-0.3, -0.25) is 0 Å². The van der Waals surface area contributed by atoms with Crippen LogP contribution in [0.2, 0.25) is 10.0 Å². The number of alkyl carbamates (subject to hydrolysis) is 1. The third-order valence-electron chi connectivity index (χ3n) is 2.26. The molecule has 1 aromatic rings. The van der Waals surface area contributed by atoms with Gasteiger partial charge in [-0.2, -0.15) is 0 Å². The number of nitrogens with two attached hydrogens (primary N) is 1. The molecule has 19 heavy (non-hydrogen) atoms. The lowest BCUT2D eigenvalue weighted by atomic mass is 10.1. The summed E-state index contributed by atoms with van der Waals surface area (Å²) in [6.45, 7) is 5.58. The number of hydrogen-bond acceptors (Lipinski definition) is 3. The van der Waals surface area contributed by atoms with Crippen LogP contribution in [-0.2, 0) is 4.74 Å². The van der Waals surface area contributed by atoms with Crippen molar-refractivity contribution in [3.63, 3.8) is 0 Å². The Labute approximate surface area is 123 Å². The van der Waals surface area contributed by atoms with Crippen LogP contribution >= 0.6 is 23.2 Å². The molecule has 0 heterocycles. The minimum Gasteiger partial charge on any atom is -0.444 e. The Morgan fingerprint density at radius 2 is 2.05 bits per heavy atom. The maximum atomic E-state index is 11.7. The normalized spacial score (nSPS) is 12.9. The van der Waals surface area contributed by atoms with Gasteiger partial charge >= 0.3 is 6.09 Å². The van der Waals surface area contributed by atoms with Crippen LogP contribution in [0.4, 0.5) is 4.79 Å². The number of halogens is 2. The fourth-order valence-electron chi connectivity index (χ4n) is 1.50. The zero-order valence-electron chi connectivity index (χ0n) is 11.2. The highest BCUT2D eigenvalue weighted by Crippen LogP contribution is 2.26. The molecule has 1 aromatic carbocycles. The molecule has 0 aliphatic heterocycles. The van der Waals surface area contributed by atoms with Crippen LogP contribution < -0.4 is 11.1 Å². The largest absolute Gasteiger partial charge is 0.444 e. The third kappa shape index (κ3) is 5.27. The molecule has 0 aliphatic rings. The summed E-state index contributed by atoms with van der Waals surface area (Å²) in [7, 11) is 0. The van der Waals surface area contributed by atoms with Crippen molar-refractivity contribution in [3.8, 4) is 0 Å². The molecular formula is C13H18Cl2N2O2. The predicted molar refractivity (Wildman–Crippen MR) is 77.6 cm³/mol. The van der Waals surface area contributed by atoms with Crippen LogP contribution in [0.1, 0.15) is 32.4 Å². The number of carbonyl (C=O) groups excluding carboxylic acids is 1. The fraction of sp³-hybridized carbons (Fsp3) is 0.462. The molecule has 1 atom stereocenters. The second-order valence-electron chi connectivity index (χ2n) is 5.10. The molecule has 3 N–H and O–H groups in total. The average Bonchev–Trinajstić information content (AvgIpc) is 2.24. The molecule has 0 saturated carbocycles. The SMILES string of the molecule is CC(C)(C)OC(=O)NC(CN)c1ccc(Cl)cc1Cl. The van der Waals surface area contributed by atoms with Gasteiger partial charge in [0.05, 0.1) is 6.04 Å². The van der Waals surface area contributed by atoms with Crippen molar-refractivity contribution in [1.82, 2.24) is 5.32 Å². The summed E-state index contributed by atoms with van der Waals surface area (Å²) < 4.78 is 5.18. The van der Waals surface area contributed by atoms with Gasteiger partial charge in [0.2, 0.25) is 0 Å². The molecule has 106 valence electrons. The second-order valence-corrected chi connectivity index (χ2v) is 5.94. The smallest absolute Gasteiger partial charge is 0.408 e. The Morgan fingerprint density at radius 3 is 2.53 bits per heavy atom. The molecule has 6 heteroatoms. The molecule has 1 rings (SSSR count). The molecule has 4 nitrogen and oxygen atoms in total. The summed E-state index contributed by atoms with van der Waals surface area (Å²) in [5, 5.41) is 3.67. The number of amides is 1. The highest BCUT2D eigenvalue weighted by Gasteiger charge is 2.21. The average molecular weight is 305 g/mol. The van der Waals surface area contributed by atoms with Crippen molar-refractivity contribution in [2.45, 2.75) is 32.4 Å². The van der Waals surface area contributed by atoms with Crippen LogP contribution in [0.3, 0.4) is 0 Å². The van der Waals surface area contributed by atoms with E-state index in [9.17, 15) is 4.79 Å². The number of ether oxygens (including phenoxy) is 1. The molecule has 0 aromatic heterocycles. The standard InChI is InChI=1S/C13H18Cl2N2O2/c1-13(2,3)19-12(18)17-11(7-16)9-5-4-8(14)6-10(9)15/h4-6,11H,7,16H2,1-3H3,(H,17,18). The monoisotopic (exact) mass is 304 g/mol. The fourth-order valence-corrected chi connectivity index (χ4v) is 2.04. The van der Waals surface area contributed by atoms with Gasteiger partial charge in [0.25, 0.3) is 0 Å². The summed E-state index contributed by atoms with van der Waals surface area (Å²) >= 11 is 11.9. The summed E-state index contributed by atoms with van der Waals surface area (Å²) in [5.74, 6) is 0. The number of hydrogen-bond donors (Lipinski definition) is 2. The highest BCUT2D eigenvalue weighted by atomic mass is 35.5. The Bertz CT molecular complexity index is 458. The predicted octanol–water partition coefficient (Wildman–Crippen LogP) is 3.52. The maximum absolute atomic E-state index is 11.7. The van der Waals surface area contributed by atoms with Gasteiger partial charge < -0.3 is 15.8 Å². The van der Waals surface area contributed by atoms with E-state index in [1.165, 1.54) is 0 Å². The van der Waals surface area contributed by atoms with E-state index in [1.54, 1.807) is 39.0 Å². The van der Waals surface area contributed by atoms with E-state index in [2.05, 4.69) is 5.32 Å². The Morgan fingerprint density at radius 1 is 1.42 bits per heavy atom. The first kappa shape index (κ1) is 16.1. The zero-order valence-corrected chi connectivity index (χ0v) is 12.7. The van der Waals surface area contributed by atoms with Gasteiger partial charge in [-0.15, -0.1) is 0 Å². The molecule has 0 saturated heterocycles. The number of rotatable bonds is 3. The van der Waals surface area contributed by atoms with Crippen LogP contribution in [0, 0.1) is 0 Å². The van der Waals surface area contributed by atoms with E-state index in [4.69, 9.17) is 33.7 Å². The van der Waals surface area contributed by atoms with Crippen LogP contribution in [0.25, 0.3) is 0 Å². The number of nitrogens with one attached hydrogen (secondary N) is 1. The van der Waals surface area contributed by atoms with Crippen molar-refractivity contribution in [3.05, 3.63) is 33.8 Å². The Hall–Kier alpha value is -0.970. The first-order chi connectivity index (χ1) is 8.73. The summed E-state index contributed by atoms with van der Waals surface area (Å²) in [5.41, 5.74) is 5.81. The molecular weight excluding hydrogens is 287 g/mol. The van der Waals surface area contributed by atoms with Crippen LogP contribution in [0.5, 0.6) is 0 Å². The Kier molecular flexibility index (Phi) is 5.47. The molecule has 1 unspecified atom stereocenters. The minimum atomic E-state index is -0.562. The van der Waals surface area contributed by atoms with Crippen LogP contribution in [0.15, 0.2) is 18.2 Å². The van der Waals surface area contributed by atoms with Gasteiger partial charge in [-0.1, -0.05) is 29.3 Å². The number of benzene rings is 1. The lowest BCUT2D eigenvalue weighted by Crippen LogP contribution is -2.37. The molecule has 0 spiro atoms. The van der Waals surface area contributed by atoms with Crippen LogP contribution in [-0.4, -0.2) is 18.2 Å². The quantitative estimate of drug-likeness (QED) is 0.898. The van der Waals surface area contributed by atoms with Gasteiger partial charge in [0.1, 0.15) is 5.60 Å². The van der Waals surface area contributed by atoms with Gasteiger partial charge in [0, 0.05) is 16.6 Å². The van der Waals surface area contributed by atoms with Crippen molar-refractivity contribution in [2.24, 2.45) is 5.73 Å². The summed E-state index contributed by atoms with van der Waals surface area (Å²) in [6.07, 6.45) is -0.533. The van der Waals surface area contributed by atoms with E-state index < -0.39 is 17.7 Å². The minimum absolute atomic E-state index is 0.209. The topological polar surface area (TPSA) is 64.3 Å². The maximum Gasteiger partial charge on any atom is 0.408 e. The summed E-state index contributed by atoms with van der Waals surface area (Å²) in [6, 6.07) is 4.62. The van der Waals surface area contributed by atoms with Gasteiger partial charge in [-0.05, 0) is 38.5 Å². The lowest BCUT2D eigenvalue weighted by molar-refractivity contribution is 0.0505. The van der Waals surface area contributed by atoms with Crippen molar-refractivity contribution >= 4 is 29.3 Å². The van der Waals surface area contributed by atoms with E-state index in [0.29, 0.717) is 15.6 Å². The first-order valence-electron chi connectivity index (χ1n) is 5.87. The molecule has 1 amide bonds. The van der Waals surface area contributed by atoms with Crippen molar-refractivity contribution < 1.29 is 9.53 Å². The highest BCUT2D eigenvalue weighted by molar-refractivity contribution is 6.35. The van der Waals surface area contributed by atoms with Crippen molar-refractivity contribution in [2.75, 3.05) is 6.54 Å². The van der Waals surface area contributed by atoms with E-state index >= 15 is 0 Å². The van der Waals surface area contributed by atoms with E-state index in [0.717, 1.165) is 0 Å². The van der Waals surface area contributed by atoms with E-state index in [1.807, 2.05) is 0 Å². The third-order valence-corrected chi connectivity index (χ3v) is 2.83. The summed E-state index contributed by atoms with van der Waals surface area (Å²) in [4.78, 5) is 11.7. The Balaban J connectivity index is 2.81. The van der Waals surface area contributed by atoms with Gasteiger partial charge in [-0.25, -0.2) is 4.79 Å². The molecule has 0 aliphatic carbocycles. The second kappa shape index (κ2) is 6.46. The van der Waals surface area contributed by atoms with Gasteiger partial charge in [0.15, 0.2) is 0 Å². The zero-order chi connectivity index (χ0) is 14.6. The van der Waals surface area contributed by atoms with E-state index in [-0.39, 0.29) is 6.54 Å². The lowest BCUT2D eigenvalue weighted by Gasteiger charge is -2.23.